The number of alkyl halides is 3. The molecule has 1 atom stereocenters. The van der Waals surface area contributed by atoms with Gasteiger partial charge in [0.1, 0.15) is 11.5 Å². The van der Waals surface area contributed by atoms with Crippen LogP contribution >= 0.6 is 0 Å². The highest BCUT2D eigenvalue weighted by molar-refractivity contribution is 5.78. The van der Waals surface area contributed by atoms with E-state index in [2.05, 4.69) is 33.3 Å². The van der Waals surface area contributed by atoms with Crippen LogP contribution in [0.25, 0.3) is 10.9 Å². The number of likely N-dealkylation sites (tertiary alicyclic amines) is 1. The monoisotopic (exact) mass is 465 g/mol. The van der Waals surface area contributed by atoms with E-state index in [9.17, 15) is 13.2 Å². The van der Waals surface area contributed by atoms with Crippen LogP contribution in [0.2, 0.25) is 0 Å². The molecule has 4 aromatic rings. The highest BCUT2D eigenvalue weighted by atomic mass is 19.4. The zero-order valence-corrected chi connectivity index (χ0v) is 18.7. The van der Waals surface area contributed by atoms with Crippen molar-refractivity contribution < 1.29 is 17.9 Å². The highest BCUT2D eigenvalue weighted by Crippen LogP contribution is 2.33. The molecule has 0 aliphatic carbocycles. The Balaban J connectivity index is 1.21. The predicted molar refractivity (Wildman–Crippen MR) is 126 cm³/mol. The number of benzene rings is 3. The van der Waals surface area contributed by atoms with Gasteiger partial charge in [0.05, 0.1) is 17.3 Å². The summed E-state index contributed by atoms with van der Waals surface area (Å²) in [5.74, 6) is 1.31. The molecular weight excluding hydrogens is 439 g/mol. The first-order valence-electron chi connectivity index (χ1n) is 11.5. The molecule has 0 spiro atoms. The number of nitrogens with one attached hydrogen (secondary N) is 1. The molecule has 1 N–H and O–H groups in total. The molecule has 0 radical (unpaired) electrons. The van der Waals surface area contributed by atoms with Gasteiger partial charge >= 0.3 is 6.18 Å². The minimum absolute atomic E-state index is 0.180. The van der Waals surface area contributed by atoms with Crippen LogP contribution in [0.3, 0.4) is 0 Å². The summed E-state index contributed by atoms with van der Waals surface area (Å²) in [6.45, 7) is 2.84. The number of ether oxygens (including phenoxy) is 1. The molecular formula is C27H26F3N3O. The predicted octanol–water partition coefficient (Wildman–Crippen LogP) is 6.83. The van der Waals surface area contributed by atoms with Gasteiger partial charge in [0, 0.05) is 18.5 Å². The maximum absolute atomic E-state index is 13.0. The van der Waals surface area contributed by atoms with Gasteiger partial charge in [-0.2, -0.15) is 18.3 Å². The first-order valence-corrected chi connectivity index (χ1v) is 11.5. The minimum atomic E-state index is -4.39. The van der Waals surface area contributed by atoms with E-state index < -0.39 is 11.7 Å². The fraction of sp³-hybridized carbons (Fsp3) is 0.296. The molecule has 1 aliphatic heterocycles. The van der Waals surface area contributed by atoms with Crippen LogP contribution < -0.4 is 4.74 Å². The van der Waals surface area contributed by atoms with Gasteiger partial charge in [-0.05, 0) is 85.3 Å². The SMILES string of the molecule is FC(F)(F)c1cccc(Oc2cccc(CN3CCCC(Cc4ccc5[nH]ncc5c4)C3)c2)c1. The van der Waals surface area contributed by atoms with Crippen LogP contribution in [-0.4, -0.2) is 28.2 Å². The summed E-state index contributed by atoms with van der Waals surface area (Å²) in [5, 5.41) is 8.24. The van der Waals surface area contributed by atoms with Crippen LogP contribution in [0.1, 0.15) is 29.5 Å². The minimum Gasteiger partial charge on any atom is -0.457 e. The average molecular weight is 466 g/mol. The van der Waals surface area contributed by atoms with E-state index >= 15 is 0 Å². The van der Waals surface area contributed by atoms with Gasteiger partial charge in [-0.1, -0.05) is 24.3 Å². The number of hydrogen-bond acceptors (Lipinski definition) is 3. The van der Waals surface area contributed by atoms with E-state index in [1.807, 2.05) is 24.4 Å². The molecule has 1 aliphatic rings. The summed E-state index contributed by atoms with van der Waals surface area (Å²) in [7, 11) is 0. The second kappa shape index (κ2) is 9.50. The van der Waals surface area contributed by atoms with Crippen molar-refractivity contribution >= 4 is 10.9 Å². The molecule has 1 unspecified atom stereocenters. The van der Waals surface area contributed by atoms with E-state index in [0.29, 0.717) is 11.7 Å². The quantitative estimate of drug-likeness (QED) is 0.339. The largest absolute Gasteiger partial charge is 0.457 e. The molecule has 0 amide bonds. The van der Waals surface area contributed by atoms with Gasteiger partial charge in [0.2, 0.25) is 0 Å². The van der Waals surface area contributed by atoms with E-state index in [0.717, 1.165) is 61.1 Å². The number of hydrogen-bond donors (Lipinski definition) is 1. The number of piperidine rings is 1. The van der Waals surface area contributed by atoms with Crippen molar-refractivity contribution in [3.63, 3.8) is 0 Å². The number of aromatic amines is 1. The van der Waals surface area contributed by atoms with Gasteiger partial charge < -0.3 is 4.74 Å². The zero-order valence-electron chi connectivity index (χ0n) is 18.7. The number of nitrogens with zero attached hydrogens (tertiary/aromatic N) is 2. The lowest BCUT2D eigenvalue weighted by Gasteiger charge is -2.33. The van der Waals surface area contributed by atoms with Crippen molar-refractivity contribution in [3.8, 4) is 11.5 Å². The van der Waals surface area contributed by atoms with Crippen LogP contribution in [-0.2, 0) is 19.1 Å². The van der Waals surface area contributed by atoms with Crippen LogP contribution in [0.5, 0.6) is 11.5 Å². The van der Waals surface area contributed by atoms with Gasteiger partial charge in [-0.25, -0.2) is 0 Å². The molecule has 176 valence electrons. The molecule has 7 heteroatoms. The Kier molecular flexibility index (Phi) is 6.28. The summed E-state index contributed by atoms with van der Waals surface area (Å²) >= 11 is 0. The zero-order chi connectivity index (χ0) is 23.5. The van der Waals surface area contributed by atoms with Crippen molar-refractivity contribution in [3.05, 3.63) is 89.6 Å². The maximum atomic E-state index is 13.0. The second-order valence-electron chi connectivity index (χ2n) is 9.01. The molecule has 1 saturated heterocycles. The lowest BCUT2D eigenvalue weighted by molar-refractivity contribution is -0.137. The van der Waals surface area contributed by atoms with Crippen molar-refractivity contribution in [1.29, 1.82) is 0 Å². The molecule has 3 aromatic carbocycles. The smallest absolute Gasteiger partial charge is 0.416 e. The van der Waals surface area contributed by atoms with E-state index in [1.54, 1.807) is 6.07 Å². The first kappa shape index (κ1) is 22.5. The number of H-pyrrole nitrogens is 1. The standard InChI is InChI=1S/C27H26F3N3O/c28-27(29,30)23-6-2-8-25(15-23)34-24-7-1-4-21(14-24)18-33-11-3-5-20(17-33)12-19-9-10-26-22(13-19)16-31-32-26/h1-2,4,6-10,13-16,20H,3,5,11-12,17-18H2,(H,31,32). The van der Waals surface area contributed by atoms with E-state index in [-0.39, 0.29) is 5.75 Å². The molecule has 4 nitrogen and oxygen atoms in total. The summed E-state index contributed by atoms with van der Waals surface area (Å²) in [4.78, 5) is 2.45. The third kappa shape index (κ3) is 5.42. The third-order valence-corrected chi connectivity index (χ3v) is 6.33. The van der Waals surface area contributed by atoms with Crippen LogP contribution in [0.4, 0.5) is 13.2 Å². The summed E-state index contributed by atoms with van der Waals surface area (Å²) < 4.78 is 44.7. The highest BCUT2D eigenvalue weighted by Gasteiger charge is 2.30. The van der Waals surface area contributed by atoms with E-state index in [1.165, 1.54) is 24.1 Å². The molecule has 2 heterocycles. The van der Waals surface area contributed by atoms with Gasteiger partial charge in [-0.3, -0.25) is 10.00 Å². The Labute approximate surface area is 196 Å². The number of fused-ring (bicyclic) bond motifs is 1. The Morgan fingerprint density at radius 1 is 0.971 bits per heavy atom. The lowest BCUT2D eigenvalue weighted by atomic mass is 9.90. The van der Waals surface area contributed by atoms with Crippen LogP contribution in [0.15, 0.2) is 72.9 Å². The van der Waals surface area contributed by atoms with Crippen molar-refractivity contribution in [1.82, 2.24) is 15.1 Å². The lowest BCUT2D eigenvalue weighted by Crippen LogP contribution is -2.35. The Morgan fingerprint density at radius 2 is 1.79 bits per heavy atom. The van der Waals surface area contributed by atoms with Crippen molar-refractivity contribution in [2.75, 3.05) is 13.1 Å². The third-order valence-electron chi connectivity index (χ3n) is 6.33. The van der Waals surface area contributed by atoms with E-state index in [4.69, 9.17) is 4.74 Å². The van der Waals surface area contributed by atoms with Gasteiger partial charge in [0.25, 0.3) is 0 Å². The molecule has 0 saturated carbocycles. The topological polar surface area (TPSA) is 41.1 Å². The molecule has 1 fully saturated rings. The van der Waals surface area contributed by atoms with Crippen molar-refractivity contribution in [2.45, 2.75) is 32.0 Å². The average Bonchev–Trinajstić information content (AvgIpc) is 3.27. The fourth-order valence-corrected chi connectivity index (χ4v) is 4.75. The van der Waals surface area contributed by atoms with Crippen molar-refractivity contribution in [2.24, 2.45) is 5.92 Å². The number of rotatable bonds is 6. The van der Waals surface area contributed by atoms with Gasteiger partial charge in [0.15, 0.2) is 0 Å². The normalized spacial score (nSPS) is 17.2. The number of aromatic nitrogens is 2. The Morgan fingerprint density at radius 3 is 2.65 bits per heavy atom. The molecule has 0 bridgehead atoms. The summed E-state index contributed by atoms with van der Waals surface area (Å²) in [6, 6.07) is 19.1. The molecule has 5 rings (SSSR count). The summed E-state index contributed by atoms with van der Waals surface area (Å²) in [6.07, 6.45) is 0.866. The van der Waals surface area contributed by atoms with Crippen LogP contribution in [0, 0.1) is 5.92 Å². The molecule has 34 heavy (non-hydrogen) atoms. The van der Waals surface area contributed by atoms with Gasteiger partial charge in [-0.15, -0.1) is 0 Å². The maximum Gasteiger partial charge on any atom is 0.416 e. The Bertz CT molecular complexity index is 1270. The number of halogens is 3. The second-order valence-corrected chi connectivity index (χ2v) is 9.01. The fourth-order valence-electron chi connectivity index (χ4n) is 4.75. The summed E-state index contributed by atoms with van der Waals surface area (Å²) in [5.41, 5.74) is 2.76. The first-order chi connectivity index (χ1) is 16.4. The molecule has 1 aromatic heterocycles. The Hall–Kier alpha value is -3.32.